The summed E-state index contributed by atoms with van der Waals surface area (Å²) in [5, 5.41) is 5.02. The van der Waals surface area contributed by atoms with Crippen LogP contribution in [0.4, 0.5) is 5.69 Å². The lowest BCUT2D eigenvalue weighted by molar-refractivity contribution is -0.113. The lowest BCUT2D eigenvalue weighted by Gasteiger charge is -2.09. The van der Waals surface area contributed by atoms with E-state index in [1.165, 1.54) is 11.8 Å². The zero-order valence-electron chi connectivity index (χ0n) is 14.5. The molecule has 5 aromatic rings. The maximum absolute atomic E-state index is 12.5. The molecule has 0 atom stereocenters. The normalized spacial score (nSPS) is 11.3. The van der Waals surface area contributed by atoms with Crippen LogP contribution in [0.3, 0.4) is 0 Å². The molecule has 0 saturated carbocycles. The number of para-hydroxylation sites is 2. The number of thiazole rings is 2. The van der Waals surface area contributed by atoms with Crippen LogP contribution in [-0.4, -0.2) is 26.0 Å². The number of aromatic nitrogens is 3. The summed E-state index contributed by atoms with van der Waals surface area (Å²) >= 11 is 4.65. The predicted octanol–water partition coefficient (Wildman–Crippen LogP) is 5.40. The second kappa shape index (κ2) is 7.38. The molecule has 0 unspecified atom stereocenters. The minimum Gasteiger partial charge on any atom is -0.325 e. The number of rotatable bonds is 5. The summed E-state index contributed by atoms with van der Waals surface area (Å²) < 4.78 is 4.02. The molecule has 138 valence electrons. The van der Waals surface area contributed by atoms with E-state index in [9.17, 15) is 4.79 Å². The molecule has 3 aromatic heterocycles. The maximum Gasteiger partial charge on any atom is 0.234 e. The Morgan fingerprint density at radius 3 is 2.86 bits per heavy atom. The van der Waals surface area contributed by atoms with Gasteiger partial charge in [0.1, 0.15) is 0 Å². The second-order valence-corrected chi connectivity index (χ2v) is 9.18. The van der Waals surface area contributed by atoms with Crippen LogP contribution >= 0.6 is 34.4 Å². The fourth-order valence-corrected chi connectivity index (χ4v) is 5.47. The molecular formula is C20H14N4OS3. The number of thioether (sulfide) groups is 1. The first-order chi connectivity index (χ1) is 13.8. The first kappa shape index (κ1) is 17.4. The van der Waals surface area contributed by atoms with E-state index in [0.29, 0.717) is 5.75 Å². The Kier molecular flexibility index (Phi) is 4.59. The summed E-state index contributed by atoms with van der Waals surface area (Å²) in [5.74, 6) is 0.254. The largest absolute Gasteiger partial charge is 0.325 e. The second-order valence-electron chi connectivity index (χ2n) is 6.05. The van der Waals surface area contributed by atoms with E-state index in [-0.39, 0.29) is 5.91 Å². The van der Waals surface area contributed by atoms with Crippen LogP contribution in [0.1, 0.15) is 0 Å². The van der Waals surface area contributed by atoms with Crippen molar-refractivity contribution in [1.29, 1.82) is 0 Å². The predicted molar refractivity (Wildman–Crippen MR) is 117 cm³/mol. The molecule has 0 radical (unpaired) electrons. The third kappa shape index (κ3) is 3.42. The minimum absolute atomic E-state index is 0.0577. The molecule has 0 bridgehead atoms. The van der Waals surface area contributed by atoms with Gasteiger partial charge in [0.05, 0.1) is 27.4 Å². The van der Waals surface area contributed by atoms with Crippen LogP contribution in [-0.2, 0) is 4.79 Å². The highest BCUT2D eigenvalue weighted by Crippen LogP contribution is 2.31. The summed E-state index contributed by atoms with van der Waals surface area (Å²) in [5.41, 5.74) is 3.50. The van der Waals surface area contributed by atoms with Gasteiger partial charge in [-0.2, -0.15) is 0 Å². The molecule has 1 amide bonds. The fourth-order valence-electron chi connectivity index (χ4n) is 2.90. The number of hydrogen-bond acceptors (Lipinski definition) is 6. The number of nitrogens with zero attached hydrogens (tertiary/aromatic N) is 3. The standard InChI is InChI=1S/C20H14N4OS3/c25-18(12-27-20-23-15-7-3-4-8-17(15)28-20)21-14-6-2-1-5-13(14)16-11-24-9-10-26-19(24)22-16/h1-11H,12H2,(H,21,25). The van der Waals surface area contributed by atoms with Gasteiger partial charge in [-0.05, 0) is 18.2 Å². The van der Waals surface area contributed by atoms with Gasteiger partial charge in [-0.15, -0.1) is 22.7 Å². The van der Waals surface area contributed by atoms with Crippen LogP contribution in [0, 0.1) is 0 Å². The number of fused-ring (bicyclic) bond motifs is 2. The Morgan fingerprint density at radius 1 is 1.11 bits per heavy atom. The van der Waals surface area contributed by atoms with Crippen molar-refractivity contribution in [3.05, 3.63) is 66.3 Å². The van der Waals surface area contributed by atoms with Gasteiger partial charge in [0.15, 0.2) is 9.30 Å². The molecule has 8 heteroatoms. The third-order valence-electron chi connectivity index (χ3n) is 4.17. The molecule has 5 nitrogen and oxygen atoms in total. The molecule has 3 heterocycles. The van der Waals surface area contributed by atoms with Gasteiger partial charge in [-0.3, -0.25) is 9.20 Å². The number of imidazole rings is 1. The van der Waals surface area contributed by atoms with E-state index in [4.69, 9.17) is 0 Å². The van der Waals surface area contributed by atoms with Crippen molar-refractivity contribution in [3.63, 3.8) is 0 Å². The molecule has 0 spiro atoms. The zero-order valence-corrected chi connectivity index (χ0v) is 17.0. The number of carbonyl (C=O) groups excluding carboxylic acids is 1. The van der Waals surface area contributed by atoms with Crippen LogP contribution in [0.15, 0.2) is 70.6 Å². The summed E-state index contributed by atoms with van der Waals surface area (Å²) in [6, 6.07) is 15.8. The van der Waals surface area contributed by atoms with E-state index in [1.807, 2.05) is 70.7 Å². The number of benzene rings is 2. The molecule has 1 N–H and O–H groups in total. The molecular weight excluding hydrogens is 408 g/mol. The summed E-state index contributed by atoms with van der Waals surface area (Å²) in [6.45, 7) is 0. The molecule has 28 heavy (non-hydrogen) atoms. The lowest BCUT2D eigenvalue weighted by Crippen LogP contribution is -2.14. The van der Waals surface area contributed by atoms with E-state index in [2.05, 4.69) is 15.3 Å². The van der Waals surface area contributed by atoms with Gasteiger partial charge < -0.3 is 5.32 Å². The third-order valence-corrected chi connectivity index (χ3v) is 7.12. The van der Waals surface area contributed by atoms with Crippen molar-refractivity contribution >= 4 is 61.2 Å². The fraction of sp³-hybridized carbons (Fsp3) is 0.0500. The Balaban J connectivity index is 1.31. The van der Waals surface area contributed by atoms with Gasteiger partial charge in [-0.1, -0.05) is 42.1 Å². The number of hydrogen-bond donors (Lipinski definition) is 1. The minimum atomic E-state index is -0.0577. The highest BCUT2D eigenvalue weighted by Gasteiger charge is 2.13. The molecule has 0 fully saturated rings. The summed E-state index contributed by atoms with van der Waals surface area (Å²) in [7, 11) is 0. The lowest BCUT2D eigenvalue weighted by atomic mass is 10.1. The van der Waals surface area contributed by atoms with Gasteiger partial charge in [-0.25, -0.2) is 9.97 Å². The molecule has 0 saturated heterocycles. The van der Waals surface area contributed by atoms with Crippen LogP contribution in [0.2, 0.25) is 0 Å². The highest BCUT2D eigenvalue weighted by atomic mass is 32.2. The van der Waals surface area contributed by atoms with E-state index in [1.54, 1.807) is 22.7 Å². The van der Waals surface area contributed by atoms with Crippen molar-refractivity contribution in [1.82, 2.24) is 14.4 Å². The Morgan fingerprint density at radius 2 is 1.96 bits per heavy atom. The van der Waals surface area contributed by atoms with Crippen molar-refractivity contribution in [2.75, 3.05) is 11.1 Å². The smallest absolute Gasteiger partial charge is 0.234 e. The number of anilines is 1. The van der Waals surface area contributed by atoms with Crippen molar-refractivity contribution in [2.24, 2.45) is 0 Å². The number of amides is 1. The Hall–Kier alpha value is -2.68. The topological polar surface area (TPSA) is 59.3 Å². The summed E-state index contributed by atoms with van der Waals surface area (Å²) in [4.78, 5) is 22.7. The summed E-state index contributed by atoms with van der Waals surface area (Å²) in [6.07, 6.45) is 3.96. The van der Waals surface area contributed by atoms with Crippen LogP contribution in [0.25, 0.3) is 26.4 Å². The number of nitrogens with one attached hydrogen (secondary N) is 1. The van der Waals surface area contributed by atoms with E-state index in [0.717, 1.165) is 36.5 Å². The molecule has 0 aliphatic heterocycles. The number of carbonyl (C=O) groups is 1. The average Bonchev–Trinajstić information content (AvgIpc) is 3.40. The monoisotopic (exact) mass is 422 g/mol. The first-order valence-corrected chi connectivity index (χ1v) is 11.2. The Bertz CT molecular complexity index is 1230. The van der Waals surface area contributed by atoms with Crippen molar-refractivity contribution < 1.29 is 4.79 Å². The van der Waals surface area contributed by atoms with Gasteiger partial charge in [0.2, 0.25) is 5.91 Å². The van der Waals surface area contributed by atoms with Gasteiger partial charge >= 0.3 is 0 Å². The van der Waals surface area contributed by atoms with Crippen LogP contribution in [0.5, 0.6) is 0 Å². The van der Waals surface area contributed by atoms with Crippen LogP contribution < -0.4 is 5.32 Å². The average molecular weight is 423 g/mol. The SMILES string of the molecule is O=C(CSc1nc2ccccc2s1)Nc1ccccc1-c1cn2ccsc2n1. The zero-order chi connectivity index (χ0) is 18.9. The van der Waals surface area contributed by atoms with Gasteiger partial charge in [0.25, 0.3) is 0 Å². The van der Waals surface area contributed by atoms with E-state index < -0.39 is 0 Å². The quantitative estimate of drug-likeness (QED) is 0.385. The van der Waals surface area contributed by atoms with Gasteiger partial charge in [0, 0.05) is 23.3 Å². The molecule has 2 aromatic carbocycles. The van der Waals surface area contributed by atoms with Crippen molar-refractivity contribution in [2.45, 2.75) is 4.34 Å². The molecule has 0 aliphatic carbocycles. The Labute approximate surface area is 173 Å². The first-order valence-electron chi connectivity index (χ1n) is 8.56. The highest BCUT2D eigenvalue weighted by molar-refractivity contribution is 8.01. The van der Waals surface area contributed by atoms with Crippen molar-refractivity contribution in [3.8, 4) is 11.3 Å². The van der Waals surface area contributed by atoms with E-state index >= 15 is 0 Å². The maximum atomic E-state index is 12.5. The molecule has 0 aliphatic rings. The molecule has 5 rings (SSSR count).